The second kappa shape index (κ2) is 6.43. The van der Waals surface area contributed by atoms with Gasteiger partial charge in [-0.3, -0.25) is 0 Å². The van der Waals surface area contributed by atoms with Crippen LogP contribution in [0.4, 0.5) is 0 Å². The third-order valence-corrected chi connectivity index (χ3v) is 5.88. The van der Waals surface area contributed by atoms with Gasteiger partial charge in [-0.25, -0.2) is 9.97 Å². The highest BCUT2D eigenvalue weighted by Gasteiger charge is 2.17. The van der Waals surface area contributed by atoms with E-state index in [0.29, 0.717) is 0 Å². The summed E-state index contributed by atoms with van der Waals surface area (Å²) in [5.41, 5.74) is 7.27. The largest absolute Gasteiger partial charge is 0.318 e. The number of hydrogen-bond donors (Lipinski definition) is 0. The Bertz CT molecular complexity index is 1320. The van der Waals surface area contributed by atoms with Crippen LogP contribution in [0.3, 0.4) is 0 Å². The van der Waals surface area contributed by atoms with Crippen molar-refractivity contribution in [2.24, 2.45) is 0 Å². The summed E-state index contributed by atoms with van der Waals surface area (Å²) in [5.74, 6) is 0. The predicted octanol–water partition coefficient (Wildman–Crippen LogP) is 6.62. The molecule has 2 heterocycles. The molecule has 0 spiro atoms. The quantitative estimate of drug-likeness (QED) is 0.284. The van der Waals surface area contributed by atoms with Crippen LogP contribution >= 0.6 is 31.9 Å². The van der Waals surface area contributed by atoms with Crippen molar-refractivity contribution in [1.29, 1.82) is 0 Å². The minimum absolute atomic E-state index is 0.744. The Labute approximate surface area is 173 Å². The maximum atomic E-state index is 4.96. The van der Waals surface area contributed by atoms with Crippen LogP contribution in [-0.4, -0.2) is 14.5 Å². The summed E-state index contributed by atoms with van der Waals surface area (Å²) in [6.45, 7) is 2.85. The molecule has 0 saturated carbocycles. The number of halogens is 2. The van der Waals surface area contributed by atoms with Crippen LogP contribution in [0, 0.1) is 6.92 Å². The smallest absolute Gasteiger partial charge is 0.160 e. The fourth-order valence-electron chi connectivity index (χ4n) is 3.52. The first-order chi connectivity index (χ1) is 13.1. The fourth-order valence-corrected chi connectivity index (χ4v) is 4.96. The van der Waals surface area contributed by atoms with Gasteiger partial charge in [-0.1, -0.05) is 57.9 Å². The molecule has 27 heavy (non-hydrogen) atoms. The van der Waals surface area contributed by atoms with Gasteiger partial charge in [0, 0.05) is 20.9 Å². The molecule has 0 unspecified atom stereocenters. The molecule has 5 aromatic rings. The van der Waals surface area contributed by atoms with E-state index >= 15 is 0 Å². The van der Waals surface area contributed by atoms with Crippen molar-refractivity contribution >= 4 is 65.0 Å². The van der Waals surface area contributed by atoms with E-state index in [-0.39, 0.29) is 0 Å². The normalized spacial score (nSPS) is 11.7. The van der Waals surface area contributed by atoms with Gasteiger partial charge in [-0.2, -0.15) is 0 Å². The van der Waals surface area contributed by atoms with E-state index < -0.39 is 0 Å². The van der Waals surface area contributed by atoms with Crippen LogP contribution in [0.1, 0.15) is 11.1 Å². The van der Waals surface area contributed by atoms with E-state index in [1.165, 1.54) is 11.1 Å². The van der Waals surface area contributed by atoms with E-state index in [1.807, 2.05) is 24.3 Å². The van der Waals surface area contributed by atoms with E-state index in [0.717, 1.165) is 48.6 Å². The summed E-state index contributed by atoms with van der Waals surface area (Å²) in [5, 5.41) is 1.09. The van der Waals surface area contributed by atoms with Gasteiger partial charge in [0.15, 0.2) is 5.65 Å². The molecule has 0 aliphatic rings. The molecule has 0 aliphatic heterocycles. The van der Waals surface area contributed by atoms with Gasteiger partial charge >= 0.3 is 0 Å². The molecule has 0 bridgehead atoms. The average molecular weight is 481 g/mol. The Kier molecular flexibility index (Phi) is 4.02. The maximum absolute atomic E-state index is 4.96. The Morgan fingerprint density at radius 1 is 0.889 bits per heavy atom. The number of aryl methyl sites for hydroxylation is 1. The van der Waals surface area contributed by atoms with Crippen LogP contribution in [0.25, 0.3) is 33.1 Å². The summed E-state index contributed by atoms with van der Waals surface area (Å²) < 4.78 is 4.31. The molecule has 5 heteroatoms. The second-order valence-electron chi connectivity index (χ2n) is 6.74. The van der Waals surface area contributed by atoms with E-state index in [9.17, 15) is 0 Å². The molecular weight excluding hydrogens is 466 g/mol. The maximum Gasteiger partial charge on any atom is 0.160 e. The number of para-hydroxylation sites is 2. The zero-order valence-corrected chi connectivity index (χ0v) is 17.8. The topological polar surface area (TPSA) is 30.7 Å². The van der Waals surface area contributed by atoms with Crippen LogP contribution in [0.5, 0.6) is 0 Å². The fraction of sp³-hybridized carbons (Fsp3) is 0.0909. The molecule has 132 valence electrons. The first-order valence-electron chi connectivity index (χ1n) is 8.69. The van der Waals surface area contributed by atoms with Crippen molar-refractivity contribution in [2.45, 2.75) is 13.5 Å². The van der Waals surface area contributed by atoms with Crippen LogP contribution < -0.4 is 0 Å². The molecule has 2 aromatic heterocycles. The molecule has 3 aromatic carbocycles. The summed E-state index contributed by atoms with van der Waals surface area (Å²) in [4.78, 5) is 9.90. The number of hydrogen-bond acceptors (Lipinski definition) is 2. The number of benzene rings is 3. The van der Waals surface area contributed by atoms with Crippen LogP contribution in [-0.2, 0) is 6.54 Å². The molecule has 0 radical (unpaired) electrons. The van der Waals surface area contributed by atoms with Crippen LogP contribution in [0.2, 0.25) is 0 Å². The Morgan fingerprint density at radius 2 is 1.59 bits per heavy atom. The molecule has 0 aliphatic carbocycles. The van der Waals surface area contributed by atoms with Crippen molar-refractivity contribution in [3.05, 3.63) is 80.7 Å². The molecule has 0 N–H and O–H groups in total. The van der Waals surface area contributed by atoms with E-state index in [4.69, 9.17) is 9.97 Å². The molecule has 0 amide bonds. The van der Waals surface area contributed by atoms with Crippen molar-refractivity contribution in [3.8, 4) is 0 Å². The number of fused-ring (bicyclic) bond motifs is 4. The van der Waals surface area contributed by atoms with Gasteiger partial charge in [-0.05, 0) is 52.7 Å². The van der Waals surface area contributed by atoms with Gasteiger partial charge in [0.2, 0.25) is 0 Å². The van der Waals surface area contributed by atoms with Gasteiger partial charge in [0.25, 0.3) is 0 Å². The minimum Gasteiger partial charge on any atom is -0.318 e. The predicted molar refractivity (Wildman–Crippen MR) is 118 cm³/mol. The second-order valence-corrected chi connectivity index (χ2v) is 8.51. The van der Waals surface area contributed by atoms with E-state index in [2.05, 4.69) is 79.7 Å². The number of nitrogens with zero attached hydrogens (tertiary/aromatic N) is 3. The molecule has 0 atom stereocenters. The number of rotatable bonds is 2. The summed E-state index contributed by atoms with van der Waals surface area (Å²) >= 11 is 7.37. The van der Waals surface area contributed by atoms with Gasteiger partial charge in [0.05, 0.1) is 16.6 Å². The Hall–Kier alpha value is -2.24. The van der Waals surface area contributed by atoms with E-state index in [1.54, 1.807) is 0 Å². The first-order valence-corrected chi connectivity index (χ1v) is 10.3. The molecule has 0 saturated heterocycles. The van der Waals surface area contributed by atoms with Crippen molar-refractivity contribution < 1.29 is 0 Å². The standard InChI is InChI=1S/C22H15Br2N3/c1-13-6-8-14(9-7-13)12-27-21-16(10-15(23)11-17(21)24)20-22(27)26-19-5-3-2-4-18(19)25-20/h2-11H,12H2,1H3. The molecule has 5 rings (SSSR count). The lowest BCUT2D eigenvalue weighted by atomic mass is 10.1. The zero-order valence-electron chi connectivity index (χ0n) is 14.6. The first kappa shape index (κ1) is 16.9. The van der Waals surface area contributed by atoms with Crippen molar-refractivity contribution in [3.63, 3.8) is 0 Å². The molecule has 3 nitrogen and oxygen atoms in total. The van der Waals surface area contributed by atoms with Gasteiger partial charge in [-0.15, -0.1) is 0 Å². The lowest BCUT2D eigenvalue weighted by molar-refractivity contribution is 0.855. The van der Waals surface area contributed by atoms with Crippen LogP contribution in [0.15, 0.2) is 69.6 Å². The van der Waals surface area contributed by atoms with Gasteiger partial charge in [0.1, 0.15) is 5.52 Å². The lowest BCUT2D eigenvalue weighted by Crippen LogP contribution is -2.01. The van der Waals surface area contributed by atoms with Gasteiger partial charge < -0.3 is 4.57 Å². The Morgan fingerprint density at radius 3 is 2.33 bits per heavy atom. The average Bonchev–Trinajstić information content (AvgIpc) is 2.95. The monoisotopic (exact) mass is 479 g/mol. The highest BCUT2D eigenvalue weighted by atomic mass is 79.9. The zero-order chi connectivity index (χ0) is 18.5. The highest BCUT2D eigenvalue weighted by Crippen LogP contribution is 2.36. The molecule has 0 fully saturated rings. The Balaban J connectivity index is 1.87. The highest BCUT2D eigenvalue weighted by molar-refractivity contribution is 9.11. The van der Waals surface area contributed by atoms with Crippen molar-refractivity contribution in [1.82, 2.24) is 14.5 Å². The summed E-state index contributed by atoms with van der Waals surface area (Å²) in [7, 11) is 0. The minimum atomic E-state index is 0.744. The van der Waals surface area contributed by atoms with Crippen molar-refractivity contribution in [2.75, 3.05) is 0 Å². The summed E-state index contributed by atoms with van der Waals surface area (Å²) in [6, 6.07) is 20.9. The number of aromatic nitrogens is 3. The SMILES string of the molecule is Cc1ccc(Cn2c3nc4ccccc4nc3c3cc(Br)cc(Br)c32)cc1. The lowest BCUT2D eigenvalue weighted by Gasteiger charge is -2.09. The molecular formula is C22H15Br2N3. The third-order valence-electron chi connectivity index (χ3n) is 4.82. The summed E-state index contributed by atoms with van der Waals surface area (Å²) in [6.07, 6.45) is 0. The third kappa shape index (κ3) is 2.86.